The summed E-state index contributed by atoms with van der Waals surface area (Å²) < 4.78 is 5.47. The number of aliphatic hydroxyl groups is 2. The van der Waals surface area contributed by atoms with E-state index < -0.39 is 12.1 Å². The molecule has 0 aliphatic carbocycles. The van der Waals surface area contributed by atoms with Crippen LogP contribution in [0.15, 0.2) is 24.3 Å². The monoisotopic (exact) mass is 888 g/mol. The molecule has 0 spiro atoms. The summed E-state index contributed by atoms with van der Waals surface area (Å²) in [5.74, 6) is -0.0554. The van der Waals surface area contributed by atoms with Crippen LogP contribution in [0.5, 0.6) is 0 Å². The van der Waals surface area contributed by atoms with E-state index in [0.29, 0.717) is 25.9 Å². The smallest absolute Gasteiger partial charge is 0.305 e. The van der Waals surface area contributed by atoms with E-state index in [4.69, 9.17) is 4.74 Å². The van der Waals surface area contributed by atoms with Crippen LogP contribution in [0.25, 0.3) is 0 Å². The SMILES string of the molecule is CCCCCC/C=C\C/C=C\CCCCCCCC(=O)OCCCCCCCCCCCCCCCCCC(=O)NC(CO)C(O)CCCCCCCCCCCCCCCCC. The van der Waals surface area contributed by atoms with Crippen molar-refractivity contribution in [2.75, 3.05) is 13.2 Å². The largest absolute Gasteiger partial charge is 0.466 e. The number of allylic oxidation sites excluding steroid dienone is 4. The fourth-order valence-electron chi connectivity index (χ4n) is 8.67. The van der Waals surface area contributed by atoms with Crippen molar-refractivity contribution in [3.8, 4) is 0 Å². The molecule has 6 nitrogen and oxygen atoms in total. The van der Waals surface area contributed by atoms with Gasteiger partial charge in [0, 0.05) is 12.8 Å². The molecule has 0 radical (unpaired) electrons. The van der Waals surface area contributed by atoms with E-state index in [2.05, 4.69) is 43.5 Å². The Balaban J connectivity index is 3.44. The van der Waals surface area contributed by atoms with Crippen molar-refractivity contribution in [3.05, 3.63) is 24.3 Å². The topological polar surface area (TPSA) is 95.9 Å². The van der Waals surface area contributed by atoms with Crippen LogP contribution in [-0.4, -0.2) is 47.4 Å². The first-order valence-electron chi connectivity index (χ1n) is 28.1. The molecule has 2 atom stereocenters. The molecule has 0 aromatic carbocycles. The Kier molecular flexibility index (Phi) is 51.6. The molecular weight excluding hydrogens is 779 g/mol. The van der Waals surface area contributed by atoms with Crippen LogP contribution in [0.3, 0.4) is 0 Å². The molecule has 0 aliphatic rings. The highest BCUT2D eigenvalue weighted by Gasteiger charge is 2.20. The predicted molar refractivity (Wildman–Crippen MR) is 273 cm³/mol. The Morgan fingerprint density at radius 1 is 0.444 bits per heavy atom. The molecule has 372 valence electrons. The Morgan fingerprint density at radius 3 is 1.22 bits per heavy atom. The third kappa shape index (κ3) is 49.6. The first-order valence-corrected chi connectivity index (χ1v) is 28.1. The lowest BCUT2D eigenvalue weighted by atomic mass is 10.0. The Bertz CT molecular complexity index is 982. The number of esters is 1. The first-order chi connectivity index (χ1) is 31.0. The maximum absolute atomic E-state index is 12.5. The van der Waals surface area contributed by atoms with Gasteiger partial charge < -0.3 is 20.3 Å². The van der Waals surface area contributed by atoms with E-state index in [1.807, 2.05) is 0 Å². The van der Waals surface area contributed by atoms with E-state index in [1.165, 1.54) is 212 Å². The number of hydrogen-bond donors (Lipinski definition) is 3. The summed E-state index contributed by atoms with van der Waals surface area (Å²) in [6.45, 7) is 4.92. The van der Waals surface area contributed by atoms with Gasteiger partial charge in [0.2, 0.25) is 5.91 Å². The van der Waals surface area contributed by atoms with Gasteiger partial charge in [-0.2, -0.15) is 0 Å². The van der Waals surface area contributed by atoms with E-state index >= 15 is 0 Å². The predicted octanol–water partition coefficient (Wildman–Crippen LogP) is 17.1. The Hall–Kier alpha value is -1.66. The lowest BCUT2D eigenvalue weighted by Gasteiger charge is -2.22. The second-order valence-corrected chi connectivity index (χ2v) is 19.3. The van der Waals surface area contributed by atoms with Gasteiger partial charge in [-0.1, -0.05) is 256 Å². The van der Waals surface area contributed by atoms with Gasteiger partial charge in [-0.25, -0.2) is 0 Å². The number of amides is 1. The van der Waals surface area contributed by atoms with Gasteiger partial charge in [-0.05, 0) is 57.8 Å². The minimum atomic E-state index is -0.670. The summed E-state index contributed by atoms with van der Waals surface area (Å²) in [7, 11) is 0. The van der Waals surface area contributed by atoms with Crippen LogP contribution in [0, 0.1) is 0 Å². The van der Waals surface area contributed by atoms with Crippen molar-refractivity contribution in [1.82, 2.24) is 5.32 Å². The third-order valence-electron chi connectivity index (χ3n) is 13.0. The average Bonchev–Trinajstić information content (AvgIpc) is 3.28. The molecule has 2 unspecified atom stereocenters. The molecule has 6 heteroatoms. The van der Waals surface area contributed by atoms with Gasteiger partial charge >= 0.3 is 5.97 Å². The highest BCUT2D eigenvalue weighted by molar-refractivity contribution is 5.76. The summed E-state index contributed by atoms with van der Waals surface area (Å²) >= 11 is 0. The maximum Gasteiger partial charge on any atom is 0.305 e. The molecule has 0 fully saturated rings. The molecule has 0 saturated heterocycles. The van der Waals surface area contributed by atoms with Crippen LogP contribution in [0.2, 0.25) is 0 Å². The number of carbonyl (C=O) groups excluding carboxylic acids is 2. The van der Waals surface area contributed by atoms with Gasteiger partial charge in [0.25, 0.3) is 0 Å². The van der Waals surface area contributed by atoms with Crippen molar-refractivity contribution < 1.29 is 24.5 Å². The normalized spacial score (nSPS) is 12.8. The maximum atomic E-state index is 12.5. The van der Waals surface area contributed by atoms with Crippen molar-refractivity contribution in [1.29, 1.82) is 0 Å². The van der Waals surface area contributed by atoms with Gasteiger partial charge in [0.15, 0.2) is 0 Å². The third-order valence-corrected chi connectivity index (χ3v) is 13.0. The fourth-order valence-corrected chi connectivity index (χ4v) is 8.67. The molecule has 0 aliphatic heterocycles. The second-order valence-electron chi connectivity index (χ2n) is 19.3. The van der Waals surface area contributed by atoms with Crippen LogP contribution >= 0.6 is 0 Å². The number of carbonyl (C=O) groups is 2. The average molecular weight is 889 g/mol. The minimum Gasteiger partial charge on any atom is -0.466 e. The van der Waals surface area contributed by atoms with Crippen LogP contribution < -0.4 is 5.32 Å². The van der Waals surface area contributed by atoms with Gasteiger partial charge in [0.1, 0.15) is 0 Å². The van der Waals surface area contributed by atoms with Crippen LogP contribution in [0.4, 0.5) is 0 Å². The summed E-state index contributed by atoms with van der Waals surface area (Å²) in [5.41, 5.74) is 0. The van der Waals surface area contributed by atoms with Gasteiger partial charge in [-0.15, -0.1) is 0 Å². The number of nitrogens with one attached hydrogen (secondary N) is 1. The molecule has 1 amide bonds. The standard InChI is InChI=1S/C57H109NO5/c1-3-5-7-9-11-13-15-17-19-23-27-31-35-39-43-47-51-57(62)63-52-48-44-40-36-32-28-24-20-22-26-30-34-38-42-46-50-56(61)58-54(53-59)55(60)49-45-41-37-33-29-25-21-18-16-14-12-10-8-6-4-2/h13,15,19,23,54-55,59-60H,3-12,14,16-18,20-22,24-53H2,1-2H3,(H,58,61)/b15-13-,23-19-. The van der Waals surface area contributed by atoms with Crippen molar-refractivity contribution in [2.24, 2.45) is 0 Å². The highest BCUT2D eigenvalue weighted by atomic mass is 16.5. The number of unbranched alkanes of at least 4 members (excludes halogenated alkanes) is 37. The van der Waals surface area contributed by atoms with Gasteiger partial charge in [-0.3, -0.25) is 9.59 Å². The molecule has 0 heterocycles. The van der Waals surface area contributed by atoms with E-state index in [0.717, 1.165) is 57.8 Å². The Morgan fingerprint density at radius 2 is 0.794 bits per heavy atom. The number of aliphatic hydroxyl groups excluding tert-OH is 2. The fraction of sp³-hybridized carbons (Fsp3) is 0.895. The van der Waals surface area contributed by atoms with E-state index in [1.54, 1.807) is 0 Å². The zero-order valence-electron chi connectivity index (χ0n) is 42.3. The summed E-state index contributed by atoms with van der Waals surface area (Å²) in [6, 6.07) is -0.548. The lowest BCUT2D eigenvalue weighted by Crippen LogP contribution is -2.45. The molecule has 0 rings (SSSR count). The molecule has 0 bridgehead atoms. The number of hydrogen-bond acceptors (Lipinski definition) is 5. The molecule has 63 heavy (non-hydrogen) atoms. The zero-order chi connectivity index (χ0) is 45.8. The van der Waals surface area contributed by atoms with Crippen LogP contribution in [-0.2, 0) is 14.3 Å². The summed E-state index contributed by atoms with van der Waals surface area (Å²) in [4.78, 5) is 24.5. The zero-order valence-corrected chi connectivity index (χ0v) is 42.3. The number of rotatable bonds is 52. The Labute approximate surface area is 392 Å². The lowest BCUT2D eigenvalue weighted by molar-refractivity contribution is -0.143. The van der Waals surface area contributed by atoms with Crippen LogP contribution in [0.1, 0.15) is 303 Å². The molecule has 3 N–H and O–H groups in total. The second kappa shape index (κ2) is 53.0. The summed E-state index contributed by atoms with van der Waals surface area (Å²) in [5, 5.41) is 23.3. The first kappa shape index (κ1) is 61.3. The molecule has 0 aromatic rings. The minimum absolute atomic E-state index is 0.0125. The van der Waals surface area contributed by atoms with E-state index in [-0.39, 0.29) is 18.5 Å². The van der Waals surface area contributed by atoms with E-state index in [9.17, 15) is 19.8 Å². The van der Waals surface area contributed by atoms with Crippen molar-refractivity contribution >= 4 is 11.9 Å². The molecular formula is C57H109NO5. The van der Waals surface area contributed by atoms with Crippen molar-refractivity contribution in [3.63, 3.8) is 0 Å². The van der Waals surface area contributed by atoms with Gasteiger partial charge in [0.05, 0.1) is 25.4 Å². The quantitative estimate of drug-likeness (QED) is 0.0321. The number of ether oxygens (including phenoxy) is 1. The van der Waals surface area contributed by atoms with Crippen molar-refractivity contribution in [2.45, 2.75) is 315 Å². The highest BCUT2D eigenvalue weighted by Crippen LogP contribution is 2.17. The molecule has 0 aromatic heterocycles. The summed E-state index contributed by atoms with van der Waals surface area (Å²) in [6.07, 6.45) is 62.9. The molecule has 0 saturated carbocycles.